The molecule has 3 rings (SSSR count). The Morgan fingerprint density at radius 3 is 2.38 bits per heavy atom. The van der Waals surface area contributed by atoms with Crippen molar-refractivity contribution in [2.75, 3.05) is 0 Å². The van der Waals surface area contributed by atoms with Crippen LogP contribution in [0.3, 0.4) is 0 Å². The predicted octanol–water partition coefficient (Wildman–Crippen LogP) is 4.23. The van der Waals surface area contributed by atoms with Crippen LogP contribution in [0.1, 0.15) is 80.9 Å². The summed E-state index contributed by atoms with van der Waals surface area (Å²) in [6, 6.07) is 11.4. The average molecular weight is 510 g/mol. The number of hydrogen-bond acceptors (Lipinski definition) is 7. The molecule has 8 nitrogen and oxygen atoms in total. The second kappa shape index (κ2) is 15.9. The van der Waals surface area contributed by atoms with Crippen molar-refractivity contribution in [3.8, 4) is 0 Å². The van der Waals surface area contributed by atoms with Crippen molar-refractivity contribution >= 4 is 17.7 Å². The molecule has 8 heteroatoms. The zero-order valence-electron chi connectivity index (χ0n) is 21.5. The molecule has 3 N–H and O–H groups in total. The minimum absolute atomic E-state index is 0.0172. The zero-order valence-corrected chi connectivity index (χ0v) is 21.5. The lowest BCUT2D eigenvalue weighted by Gasteiger charge is -2.20. The number of unbranched alkanes of at least 4 members (excludes halogenated alkanes) is 3. The predicted molar refractivity (Wildman–Crippen MR) is 140 cm³/mol. The molecule has 1 heterocycles. The van der Waals surface area contributed by atoms with E-state index in [9.17, 15) is 14.4 Å². The number of hydroxylamine groups is 1. The van der Waals surface area contributed by atoms with Crippen molar-refractivity contribution in [2.24, 2.45) is 0 Å². The molecule has 1 aromatic heterocycles. The van der Waals surface area contributed by atoms with Gasteiger partial charge in [-0.2, -0.15) is 0 Å². The van der Waals surface area contributed by atoms with Gasteiger partial charge in [0, 0.05) is 38.2 Å². The minimum atomic E-state index is -0.461. The Hall–Kier alpha value is -3.10. The van der Waals surface area contributed by atoms with Gasteiger partial charge in [-0.05, 0) is 61.6 Å². The molecule has 1 amide bonds. The number of pyridine rings is 1. The molecule has 1 aromatic carbocycles. The first kappa shape index (κ1) is 28.5. The Balaban J connectivity index is 1.47. The maximum Gasteiger partial charge on any atom is 0.323 e. The molecule has 1 atom stereocenters. The lowest BCUT2D eigenvalue weighted by Crippen LogP contribution is -2.40. The quantitative estimate of drug-likeness (QED) is 0.134. The van der Waals surface area contributed by atoms with Crippen LogP contribution in [0, 0.1) is 0 Å². The molecule has 1 aliphatic carbocycles. The molecular formula is C29H39N3O5. The number of ether oxygens (including phenoxy) is 1. The van der Waals surface area contributed by atoms with Gasteiger partial charge in [-0.1, -0.05) is 49.2 Å². The van der Waals surface area contributed by atoms with E-state index in [1.165, 1.54) is 0 Å². The monoisotopic (exact) mass is 509 g/mol. The third kappa shape index (κ3) is 10.8. The first-order valence-corrected chi connectivity index (χ1v) is 13.4. The molecular weight excluding hydrogens is 470 g/mol. The van der Waals surface area contributed by atoms with E-state index >= 15 is 0 Å². The highest BCUT2D eigenvalue weighted by molar-refractivity contribution is 5.80. The summed E-state index contributed by atoms with van der Waals surface area (Å²) in [5.41, 5.74) is 4.47. The molecule has 0 spiro atoms. The van der Waals surface area contributed by atoms with Gasteiger partial charge in [-0.25, -0.2) is 5.48 Å². The van der Waals surface area contributed by atoms with Gasteiger partial charge in [0.1, 0.15) is 17.9 Å². The summed E-state index contributed by atoms with van der Waals surface area (Å²) >= 11 is 0. The van der Waals surface area contributed by atoms with Crippen molar-refractivity contribution < 1.29 is 24.3 Å². The van der Waals surface area contributed by atoms with Crippen molar-refractivity contribution in [2.45, 2.75) is 95.7 Å². The fourth-order valence-corrected chi connectivity index (χ4v) is 4.65. The van der Waals surface area contributed by atoms with E-state index in [0.717, 1.165) is 61.6 Å². The van der Waals surface area contributed by atoms with Gasteiger partial charge in [0.2, 0.25) is 5.91 Å². The number of carbonyl (C=O) groups excluding carboxylic acids is 3. The molecule has 0 unspecified atom stereocenters. The number of rotatable bonds is 16. The Kier molecular flexibility index (Phi) is 12.2. The number of esters is 1. The molecule has 1 aliphatic rings. The number of nitrogens with one attached hydrogen (secondary N) is 2. The molecule has 0 bridgehead atoms. The number of Topliss-reactive ketones (excluding diaryl/α,β-unsaturated/α-hetero) is 1. The summed E-state index contributed by atoms with van der Waals surface area (Å²) in [5.74, 6) is -0.441. The summed E-state index contributed by atoms with van der Waals surface area (Å²) in [6.45, 7) is 0.452. The normalized spacial score (nSPS) is 14.3. The van der Waals surface area contributed by atoms with Gasteiger partial charge in [0.25, 0.3) is 0 Å². The number of ketones is 1. The Labute approximate surface area is 219 Å². The Bertz CT molecular complexity index is 992. The second-order valence-corrected chi connectivity index (χ2v) is 9.83. The SMILES string of the molecule is O=C(CCCCCCC(=O)NO)Cc1cncc(CN[C@@H](Cc2ccccc2)C(=O)OC2CCCC2)c1. The van der Waals surface area contributed by atoms with Gasteiger partial charge in [-0.15, -0.1) is 0 Å². The minimum Gasteiger partial charge on any atom is -0.461 e. The van der Waals surface area contributed by atoms with Gasteiger partial charge in [0.05, 0.1) is 0 Å². The molecule has 2 aromatic rings. The molecule has 1 fully saturated rings. The van der Waals surface area contributed by atoms with Crippen LogP contribution in [0.25, 0.3) is 0 Å². The van der Waals surface area contributed by atoms with Gasteiger partial charge in [0.15, 0.2) is 0 Å². The third-order valence-electron chi connectivity index (χ3n) is 6.69. The van der Waals surface area contributed by atoms with Crippen molar-refractivity contribution in [3.05, 3.63) is 65.5 Å². The topological polar surface area (TPSA) is 118 Å². The van der Waals surface area contributed by atoms with E-state index in [-0.39, 0.29) is 23.8 Å². The van der Waals surface area contributed by atoms with E-state index < -0.39 is 6.04 Å². The Morgan fingerprint density at radius 1 is 0.946 bits per heavy atom. The first-order valence-electron chi connectivity index (χ1n) is 13.4. The summed E-state index contributed by atoms with van der Waals surface area (Å²) < 4.78 is 5.80. The van der Waals surface area contributed by atoms with Crippen LogP contribution in [0.5, 0.6) is 0 Å². The summed E-state index contributed by atoms with van der Waals surface area (Å²) in [5, 5.41) is 11.9. The van der Waals surface area contributed by atoms with Gasteiger partial charge < -0.3 is 4.74 Å². The largest absolute Gasteiger partial charge is 0.461 e. The summed E-state index contributed by atoms with van der Waals surface area (Å²) in [6.07, 6.45) is 12.4. The Morgan fingerprint density at radius 2 is 1.65 bits per heavy atom. The van der Waals surface area contributed by atoms with E-state index in [1.807, 2.05) is 36.4 Å². The number of carbonyl (C=O) groups is 3. The van der Waals surface area contributed by atoms with Crippen molar-refractivity contribution in [3.63, 3.8) is 0 Å². The zero-order chi connectivity index (χ0) is 26.3. The maximum atomic E-state index is 13.0. The number of hydrogen-bond donors (Lipinski definition) is 3. The van der Waals surface area contributed by atoms with Gasteiger partial charge in [-0.3, -0.25) is 29.9 Å². The molecule has 0 aliphatic heterocycles. The molecule has 1 saturated carbocycles. The van der Waals surface area contributed by atoms with E-state index in [0.29, 0.717) is 38.6 Å². The lowest BCUT2D eigenvalue weighted by atomic mass is 10.0. The van der Waals surface area contributed by atoms with Gasteiger partial charge >= 0.3 is 5.97 Å². The van der Waals surface area contributed by atoms with Crippen LogP contribution in [0.2, 0.25) is 0 Å². The molecule has 37 heavy (non-hydrogen) atoms. The number of benzene rings is 1. The first-order chi connectivity index (χ1) is 18.0. The molecule has 0 radical (unpaired) electrons. The maximum absolute atomic E-state index is 13.0. The third-order valence-corrected chi connectivity index (χ3v) is 6.69. The van der Waals surface area contributed by atoms with E-state index in [4.69, 9.17) is 9.94 Å². The van der Waals surface area contributed by atoms with Crippen LogP contribution in [0.15, 0.2) is 48.8 Å². The second-order valence-electron chi connectivity index (χ2n) is 9.83. The summed E-state index contributed by atoms with van der Waals surface area (Å²) in [4.78, 5) is 40.7. The van der Waals surface area contributed by atoms with Crippen LogP contribution in [0.4, 0.5) is 0 Å². The smallest absolute Gasteiger partial charge is 0.323 e. The van der Waals surface area contributed by atoms with Crippen molar-refractivity contribution in [1.82, 2.24) is 15.8 Å². The molecule has 0 saturated heterocycles. The van der Waals surface area contributed by atoms with E-state index in [1.54, 1.807) is 17.9 Å². The lowest BCUT2D eigenvalue weighted by molar-refractivity contribution is -0.151. The number of aromatic nitrogens is 1. The summed E-state index contributed by atoms with van der Waals surface area (Å²) in [7, 11) is 0. The van der Waals surface area contributed by atoms with Crippen LogP contribution in [-0.4, -0.2) is 40.0 Å². The van der Waals surface area contributed by atoms with Crippen LogP contribution >= 0.6 is 0 Å². The van der Waals surface area contributed by atoms with Crippen LogP contribution in [-0.2, 0) is 38.5 Å². The highest BCUT2D eigenvalue weighted by atomic mass is 16.5. The number of nitrogens with zero attached hydrogens (tertiary/aromatic N) is 1. The standard InChI is InChI=1S/C29H39N3O5/c33-25(12-6-1-2-7-15-28(34)32-36)17-23-16-24(20-30-19-23)21-31-27(18-22-10-4-3-5-11-22)29(35)37-26-13-8-9-14-26/h3-5,10-11,16,19-20,26-27,31,36H,1-2,6-9,12-15,17-18,21H2,(H,32,34)/t27-/m0/s1. The van der Waals surface area contributed by atoms with E-state index in [2.05, 4.69) is 10.3 Å². The highest BCUT2D eigenvalue weighted by Gasteiger charge is 2.25. The fourth-order valence-electron chi connectivity index (χ4n) is 4.65. The number of amides is 1. The van der Waals surface area contributed by atoms with Crippen molar-refractivity contribution in [1.29, 1.82) is 0 Å². The fraction of sp³-hybridized carbons (Fsp3) is 0.517. The average Bonchev–Trinajstić information content (AvgIpc) is 3.42. The molecule has 200 valence electrons. The van der Waals surface area contributed by atoms with Crippen LogP contribution < -0.4 is 10.8 Å². The highest BCUT2D eigenvalue weighted by Crippen LogP contribution is 2.22.